The van der Waals surface area contributed by atoms with Crippen LogP contribution in [0.3, 0.4) is 0 Å². The van der Waals surface area contributed by atoms with Crippen LogP contribution in [-0.4, -0.2) is 25.3 Å². The van der Waals surface area contributed by atoms with Crippen LogP contribution in [-0.2, 0) is 10.0 Å². The first-order chi connectivity index (χ1) is 16.9. The second-order valence-electron chi connectivity index (χ2n) is 9.11. The molecule has 2 aromatic carbocycles. The first-order valence-electron chi connectivity index (χ1n) is 11.3. The predicted molar refractivity (Wildman–Crippen MR) is 127 cm³/mol. The number of methoxy groups -OCH3 is 1. The second-order valence-corrected chi connectivity index (χ2v) is 10.8. The summed E-state index contributed by atoms with van der Waals surface area (Å²) in [6.07, 6.45) is 4.67. The fourth-order valence-electron chi connectivity index (χ4n) is 4.90. The van der Waals surface area contributed by atoms with E-state index in [-0.39, 0.29) is 33.7 Å². The van der Waals surface area contributed by atoms with E-state index in [1.165, 1.54) is 73.2 Å². The van der Waals surface area contributed by atoms with Gasteiger partial charge < -0.3 is 9.26 Å². The van der Waals surface area contributed by atoms with E-state index < -0.39 is 10.0 Å². The lowest BCUT2D eigenvalue weighted by atomic mass is 10.0. The van der Waals surface area contributed by atoms with Gasteiger partial charge in [0.05, 0.1) is 23.2 Å². The van der Waals surface area contributed by atoms with Gasteiger partial charge in [0.15, 0.2) is 5.82 Å². The summed E-state index contributed by atoms with van der Waals surface area (Å²) in [5.74, 6) is 1.51. The molecule has 2 heterocycles. The molecule has 0 saturated heterocycles. The molecule has 8 nitrogen and oxygen atoms in total. The molecule has 10 heteroatoms. The quantitative estimate of drug-likeness (QED) is 0.407. The average molecular weight is 496 g/mol. The van der Waals surface area contributed by atoms with Crippen molar-refractivity contribution in [3.8, 4) is 11.4 Å². The molecule has 2 aliphatic rings. The fourth-order valence-corrected chi connectivity index (χ4v) is 5.93. The molecule has 2 fully saturated rings. The lowest BCUT2D eigenvalue weighted by Gasteiger charge is -2.16. The number of nitrogens with one attached hydrogen (secondary N) is 1. The zero-order valence-electron chi connectivity index (χ0n) is 18.8. The van der Waals surface area contributed by atoms with Gasteiger partial charge in [-0.2, -0.15) is 0 Å². The van der Waals surface area contributed by atoms with Gasteiger partial charge in [-0.1, -0.05) is 5.16 Å². The van der Waals surface area contributed by atoms with E-state index in [0.717, 1.165) is 6.42 Å². The molecule has 180 valence electrons. The number of fused-ring (bicyclic) bond motifs is 1. The van der Waals surface area contributed by atoms with Gasteiger partial charge in [0, 0.05) is 23.6 Å². The molecule has 2 atom stereocenters. The van der Waals surface area contributed by atoms with Crippen LogP contribution in [0.2, 0.25) is 0 Å². The van der Waals surface area contributed by atoms with Gasteiger partial charge in [-0.05, 0) is 72.9 Å². The summed E-state index contributed by atoms with van der Waals surface area (Å²) in [5, 5.41) is 4.04. The van der Waals surface area contributed by atoms with E-state index >= 15 is 4.39 Å². The molecule has 6 rings (SSSR count). The summed E-state index contributed by atoms with van der Waals surface area (Å²) < 4.78 is 54.7. The summed E-state index contributed by atoms with van der Waals surface area (Å²) in [5.41, 5.74) is 0.930. The molecular formula is C25H22FN3O5S. The van der Waals surface area contributed by atoms with Crippen molar-refractivity contribution in [3.63, 3.8) is 0 Å². The number of sulfonamides is 1. The van der Waals surface area contributed by atoms with Crippen molar-refractivity contribution in [2.75, 3.05) is 11.8 Å². The van der Waals surface area contributed by atoms with Crippen LogP contribution < -0.4 is 15.0 Å². The molecule has 0 bridgehead atoms. The van der Waals surface area contributed by atoms with Crippen molar-refractivity contribution in [3.05, 3.63) is 76.5 Å². The number of nitrogens with zero attached hydrogens (tertiary/aromatic N) is 2. The van der Waals surface area contributed by atoms with Gasteiger partial charge in [-0.25, -0.2) is 12.8 Å². The lowest BCUT2D eigenvalue weighted by molar-refractivity contribution is 0.410. The molecule has 2 aromatic heterocycles. The molecule has 2 aliphatic carbocycles. The van der Waals surface area contributed by atoms with Crippen LogP contribution in [0.15, 0.2) is 69.0 Å². The van der Waals surface area contributed by atoms with Crippen LogP contribution in [0.4, 0.5) is 10.2 Å². The van der Waals surface area contributed by atoms with E-state index in [2.05, 4.69) is 14.4 Å². The van der Waals surface area contributed by atoms with Gasteiger partial charge in [0.25, 0.3) is 15.6 Å². The van der Waals surface area contributed by atoms with Crippen molar-refractivity contribution in [2.24, 2.45) is 11.8 Å². The summed E-state index contributed by atoms with van der Waals surface area (Å²) in [6.45, 7) is 0. The van der Waals surface area contributed by atoms with Crippen molar-refractivity contribution in [2.45, 2.75) is 30.1 Å². The Kier molecular flexibility index (Phi) is 4.96. The third kappa shape index (κ3) is 3.87. The largest absolute Gasteiger partial charge is 0.495 e. The molecule has 0 aliphatic heterocycles. The molecule has 4 aromatic rings. The molecule has 1 N–H and O–H groups in total. The highest BCUT2D eigenvalue weighted by Crippen LogP contribution is 2.60. The maximum absolute atomic E-state index is 15.3. The standard InChI is InChI=1S/C25H22FN3O5S/c1-33-23-12-19(18-11-17(18)14-2-3-14)20(26)13-22(23)29-21-6-5-16(10-15(21)4-7-25(29)30)35(31,32)28-24-8-9-34-27-24/h4-10,12-14,17-18H,2-3,11H2,1H3,(H,27,28)/t17-,18+/m0/s1. The summed E-state index contributed by atoms with van der Waals surface area (Å²) in [7, 11) is -2.45. The number of halogens is 1. The zero-order chi connectivity index (χ0) is 24.3. The third-order valence-corrected chi connectivity index (χ3v) is 8.21. The van der Waals surface area contributed by atoms with E-state index in [4.69, 9.17) is 4.74 Å². The van der Waals surface area contributed by atoms with Gasteiger partial charge in [0.1, 0.15) is 17.8 Å². The zero-order valence-corrected chi connectivity index (χ0v) is 19.6. The highest BCUT2D eigenvalue weighted by Gasteiger charge is 2.49. The van der Waals surface area contributed by atoms with Crippen LogP contribution >= 0.6 is 0 Å². The number of hydrogen-bond donors (Lipinski definition) is 1. The van der Waals surface area contributed by atoms with Crippen LogP contribution in [0.5, 0.6) is 5.75 Å². The molecule has 35 heavy (non-hydrogen) atoms. The Morgan fingerprint density at radius 1 is 1.14 bits per heavy atom. The minimum absolute atomic E-state index is 0.0217. The lowest BCUT2D eigenvalue weighted by Crippen LogP contribution is -2.19. The first kappa shape index (κ1) is 21.8. The number of benzene rings is 2. The Morgan fingerprint density at radius 3 is 2.69 bits per heavy atom. The van der Waals surface area contributed by atoms with Gasteiger partial charge >= 0.3 is 0 Å². The number of pyridine rings is 1. The van der Waals surface area contributed by atoms with Crippen molar-refractivity contribution >= 4 is 26.7 Å². The summed E-state index contributed by atoms with van der Waals surface area (Å²) >= 11 is 0. The number of aromatic nitrogens is 2. The molecule has 0 spiro atoms. The number of ether oxygens (including phenoxy) is 1. The van der Waals surface area contributed by atoms with E-state index in [1.807, 2.05) is 0 Å². The van der Waals surface area contributed by atoms with Crippen molar-refractivity contribution < 1.29 is 22.1 Å². The predicted octanol–water partition coefficient (Wildman–Crippen LogP) is 4.44. The van der Waals surface area contributed by atoms with Gasteiger partial charge in [0.2, 0.25) is 0 Å². The minimum atomic E-state index is -3.94. The number of anilines is 1. The average Bonchev–Trinajstić information content (AvgIpc) is 3.76. The Bertz CT molecular complexity index is 1610. The second kappa shape index (κ2) is 7.94. The maximum Gasteiger partial charge on any atom is 0.263 e. The highest BCUT2D eigenvalue weighted by molar-refractivity contribution is 7.92. The summed E-state index contributed by atoms with van der Waals surface area (Å²) in [4.78, 5) is 12.9. The van der Waals surface area contributed by atoms with Crippen LogP contribution in [0.1, 0.15) is 30.7 Å². The maximum atomic E-state index is 15.3. The van der Waals surface area contributed by atoms with Gasteiger partial charge in [-0.3, -0.25) is 14.1 Å². The molecule has 2 saturated carbocycles. The minimum Gasteiger partial charge on any atom is -0.495 e. The normalized spacial score (nSPS) is 19.6. The monoisotopic (exact) mass is 495 g/mol. The Hall–Kier alpha value is -3.66. The van der Waals surface area contributed by atoms with Gasteiger partial charge in [-0.15, -0.1) is 0 Å². The molecular weight excluding hydrogens is 473 g/mol. The van der Waals surface area contributed by atoms with Crippen molar-refractivity contribution in [1.82, 2.24) is 9.72 Å². The Balaban J connectivity index is 1.43. The van der Waals surface area contributed by atoms with Crippen LogP contribution in [0.25, 0.3) is 16.6 Å². The Labute approximate surface area is 200 Å². The molecule has 0 amide bonds. The highest BCUT2D eigenvalue weighted by atomic mass is 32.2. The number of rotatable bonds is 7. The molecule has 0 unspecified atom stereocenters. The first-order valence-corrected chi connectivity index (χ1v) is 12.8. The number of hydrogen-bond acceptors (Lipinski definition) is 6. The molecule has 0 radical (unpaired) electrons. The fraction of sp³-hybridized carbons (Fsp3) is 0.280. The SMILES string of the molecule is COc1cc([C@@H]2C[C@H]2C2CC2)c(F)cc1-n1c(=O)ccc2cc(S(=O)(=O)Nc3ccon3)ccc21. The van der Waals surface area contributed by atoms with E-state index in [9.17, 15) is 13.2 Å². The Morgan fingerprint density at radius 2 is 1.97 bits per heavy atom. The van der Waals surface area contributed by atoms with Crippen LogP contribution in [0, 0.1) is 17.7 Å². The summed E-state index contributed by atoms with van der Waals surface area (Å²) in [6, 6.07) is 11.6. The third-order valence-electron chi connectivity index (χ3n) is 6.86. The van der Waals surface area contributed by atoms with E-state index in [1.54, 1.807) is 6.07 Å². The van der Waals surface area contributed by atoms with E-state index in [0.29, 0.717) is 34.1 Å². The van der Waals surface area contributed by atoms with Crippen molar-refractivity contribution in [1.29, 1.82) is 0 Å². The smallest absolute Gasteiger partial charge is 0.263 e. The topological polar surface area (TPSA) is 103 Å².